The van der Waals surface area contributed by atoms with Crippen LogP contribution in [0.15, 0.2) is 35.2 Å². The topological polar surface area (TPSA) is 110 Å². The summed E-state index contributed by atoms with van der Waals surface area (Å²) in [5, 5.41) is 9.94. The lowest BCUT2D eigenvalue weighted by atomic mass is 9.77. The molecule has 30 heavy (non-hydrogen) atoms. The van der Waals surface area contributed by atoms with E-state index in [0.717, 1.165) is 17.7 Å². The molecule has 0 bridgehead atoms. The highest BCUT2D eigenvalue weighted by Crippen LogP contribution is 2.41. The second kappa shape index (κ2) is 8.06. The number of carboxylic acids is 1. The van der Waals surface area contributed by atoms with Crippen LogP contribution in [0, 0.1) is 12.7 Å². The van der Waals surface area contributed by atoms with Crippen molar-refractivity contribution >= 4 is 27.6 Å². The van der Waals surface area contributed by atoms with E-state index < -0.39 is 44.7 Å². The SMILES string of the molecule is CC(=O)O[C@H]1CCc2cc(C)c(NS(=O)(=O)c3ccccc3F)c(C(=O)O)c2[C@@H]1C. The first-order valence-electron chi connectivity index (χ1n) is 9.37. The normalized spacial score (nSPS) is 18.4. The average molecular weight is 435 g/mol. The first-order valence-corrected chi connectivity index (χ1v) is 10.9. The van der Waals surface area contributed by atoms with Gasteiger partial charge in [-0.05, 0) is 48.6 Å². The van der Waals surface area contributed by atoms with Crippen molar-refractivity contribution in [3.63, 3.8) is 0 Å². The number of halogens is 1. The van der Waals surface area contributed by atoms with E-state index in [1.165, 1.54) is 19.1 Å². The minimum absolute atomic E-state index is 0.125. The van der Waals surface area contributed by atoms with E-state index in [9.17, 15) is 27.5 Å². The third kappa shape index (κ3) is 4.02. The molecule has 0 saturated carbocycles. The number of carbonyl (C=O) groups is 2. The van der Waals surface area contributed by atoms with Gasteiger partial charge in [0.25, 0.3) is 10.0 Å². The van der Waals surface area contributed by atoms with Crippen LogP contribution in [0.4, 0.5) is 10.1 Å². The van der Waals surface area contributed by atoms with Crippen molar-refractivity contribution in [2.45, 2.75) is 50.5 Å². The van der Waals surface area contributed by atoms with Crippen LogP contribution in [-0.2, 0) is 26.0 Å². The summed E-state index contributed by atoms with van der Waals surface area (Å²) in [6.45, 7) is 4.61. The summed E-state index contributed by atoms with van der Waals surface area (Å²) in [7, 11) is -4.37. The van der Waals surface area contributed by atoms with Crippen molar-refractivity contribution in [3.05, 3.63) is 58.4 Å². The number of carbonyl (C=O) groups excluding carboxylic acids is 1. The van der Waals surface area contributed by atoms with Gasteiger partial charge in [-0.15, -0.1) is 0 Å². The molecule has 2 aromatic rings. The Labute approximate surface area is 173 Å². The molecule has 0 fully saturated rings. The first-order chi connectivity index (χ1) is 14.0. The number of anilines is 1. The van der Waals surface area contributed by atoms with Gasteiger partial charge in [-0.2, -0.15) is 0 Å². The number of nitrogens with one attached hydrogen (secondary N) is 1. The van der Waals surface area contributed by atoms with Gasteiger partial charge in [0.05, 0.1) is 11.3 Å². The molecule has 0 aromatic heterocycles. The predicted octanol–water partition coefficient (Wildman–Crippen LogP) is 3.61. The van der Waals surface area contributed by atoms with Crippen LogP contribution < -0.4 is 4.72 Å². The number of ether oxygens (including phenoxy) is 1. The molecule has 0 unspecified atom stereocenters. The van der Waals surface area contributed by atoms with Gasteiger partial charge >= 0.3 is 11.9 Å². The summed E-state index contributed by atoms with van der Waals surface area (Å²) in [5.41, 5.74) is 1.24. The summed E-state index contributed by atoms with van der Waals surface area (Å²) < 4.78 is 47.3. The number of hydrogen-bond acceptors (Lipinski definition) is 5. The van der Waals surface area contributed by atoms with Crippen molar-refractivity contribution in [2.24, 2.45) is 0 Å². The summed E-state index contributed by atoms with van der Waals surface area (Å²) in [4.78, 5) is 23.0. The van der Waals surface area contributed by atoms with Crippen LogP contribution in [-0.4, -0.2) is 31.6 Å². The molecular formula is C21H22FNO6S. The molecule has 0 aliphatic heterocycles. The predicted molar refractivity (Wildman–Crippen MR) is 108 cm³/mol. The van der Waals surface area contributed by atoms with Crippen LogP contribution in [0.25, 0.3) is 0 Å². The van der Waals surface area contributed by atoms with Crippen LogP contribution in [0.2, 0.25) is 0 Å². The summed E-state index contributed by atoms with van der Waals surface area (Å²) in [6.07, 6.45) is 0.498. The van der Waals surface area contributed by atoms with Gasteiger partial charge in [-0.3, -0.25) is 9.52 Å². The van der Waals surface area contributed by atoms with Crippen LogP contribution in [0.3, 0.4) is 0 Å². The van der Waals surface area contributed by atoms with Gasteiger partial charge in [0.15, 0.2) is 0 Å². The lowest BCUT2D eigenvalue weighted by molar-refractivity contribution is -0.147. The highest BCUT2D eigenvalue weighted by molar-refractivity contribution is 7.92. The quantitative estimate of drug-likeness (QED) is 0.695. The van der Waals surface area contributed by atoms with Gasteiger partial charge in [-0.25, -0.2) is 17.6 Å². The maximum Gasteiger partial charge on any atom is 0.338 e. The van der Waals surface area contributed by atoms with Gasteiger partial charge in [0, 0.05) is 12.8 Å². The standard InChI is InChI=1S/C21H22FNO6S/c1-11-10-14-8-9-16(29-13(3)24)12(2)18(14)19(21(25)26)20(11)23-30(27,28)17-7-5-4-6-15(17)22/h4-7,10,12,16,23H,8-9H2,1-3H3,(H,25,26)/t12-,16+/m1/s1. The zero-order valence-electron chi connectivity index (χ0n) is 16.7. The molecule has 0 amide bonds. The Morgan fingerprint density at radius 1 is 1.27 bits per heavy atom. The molecule has 2 N–H and O–H groups in total. The third-order valence-corrected chi connectivity index (χ3v) is 6.64. The van der Waals surface area contributed by atoms with Gasteiger partial charge in [0.2, 0.25) is 0 Å². The first kappa shape index (κ1) is 21.8. The summed E-state index contributed by atoms with van der Waals surface area (Å²) in [5.74, 6) is -3.20. The van der Waals surface area contributed by atoms with E-state index in [4.69, 9.17) is 4.74 Å². The molecule has 2 atom stereocenters. The van der Waals surface area contributed by atoms with E-state index in [0.29, 0.717) is 24.0 Å². The monoisotopic (exact) mass is 435 g/mol. The fraction of sp³-hybridized carbons (Fsp3) is 0.333. The Bertz CT molecular complexity index is 1130. The molecule has 1 aliphatic carbocycles. The molecule has 1 aliphatic rings. The number of aromatic carboxylic acids is 1. The van der Waals surface area contributed by atoms with Crippen LogP contribution in [0.5, 0.6) is 0 Å². The van der Waals surface area contributed by atoms with Gasteiger partial charge < -0.3 is 9.84 Å². The molecule has 0 spiro atoms. The second-order valence-electron chi connectivity index (χ2n) is 7.33. The Kier molecular flexibility index (Phi) is 5.85. The number of benzene rings is 2. The van der Waals surface area contributed by atoms with Crippen LogP contribution >= 0.6 is 0 Å². The Morgan fingerprint density at radius 2 is 1.93 bits per heavy atom. The molecule has 0 heterocycles. The summed E-state index contributed by atoms with van der Waals surface area (Å²) in [6, 6.07) is 6.57. The Hall–Kier alpha value is -2.94. The van der Waals surface area contributed by atoms with E-state index >= 15 is 0 Å². The highest BCUT2D eigenvalue weighted by Gasteiger charge is 2.35. The van der Waals surface area contributed by atoms with Crippen molar-refractivity contribution in [1.82, 2.24) is 0 Å². The lowest BCUT2D eigenvalue weighted by Gasteiger charge is -2.33. The third-order valence-electron chi connectivity index (χ3n) is 5.26. The largest absolute Gasteiger partial charge is 0.478 e. The number of carboxylic acid groups (broad SMARTS) is 1. The molecule has 160 valence electrons. The maximum atomic E-state index is 14.1. The lowest BCUT2D eigenvalue weighted by Crippen LogP contribution is -2.31. The molecule has 0 saturated heterocycles. The number of fused-ring (bicyclic) bond motifs is 1. The van der Waals surface area contributed by atoms with E-state index in [2.05, 4.69) is 4.72 Å². The van der Waals surface area contributed by atoms with Crippen LogP contribution in [0.1, 0.15) is 53.2 Å². The van der Waals surface area contributed by atoms with Crippen molar-refractivity contribution in [2.75, 3.05) is 4.72 Å². The minimum atomic E-state index is -4.37. The molecule has 0 radical (unpaired) electrons. The molecule has 9 heteroatoms. The molecule has 3 rings (SSSR count). The van der Waals surface area contributed by atoms with E-state index in [-0.39, 0.29) is 11.3 Å². The number of rotatable bonds is 5. The summed E-state index contributed by atoms with van der Waals surface area (Å²) >= 11 is 0. The highest BCUT2D eigenvalue weighted by atomic mass is 32.2. The zero-order valence-corrected chi connectivity index (χ0v) is 17.5. The fourth-order valence-corrected chi connectivity index (χ4v) is 5.17. The number of esters is 1. The number of aryl methyl sites for hydroxylation is 2. The smallest absolute Gasteiger partial charge is 0.338 e. The number of sulfonamides is 1. The minimum Gasteiger partial charge on any atom is -0.478 e. The molecular weight excluding hydrogens is 413 g/mol. The van der Waals surface area contributed by atoms with Gasteiger partial charge in [0.1, 0.15) is 16.8 Å². The van der Waals surface area contributed by atoms with Gasteiger partial charge in [-0.1, -0.05) is 25.1 Å². The van der Waals surface area contributed by atoms with Crippen molar-refractivity contribution in [3.8, 4) is 0 Å². The van der Waals surface area contributed by atoms with E-state index in [1.807, 2.05) is 0 Å². The fourth-order valence-electron chi connectivity index (χ4n) is 3.94. The number of hydrogen-bond donors (Lipinski definition) is 2. The molecule has 7 nitrogen and oxygen atoms in total. The maximum absolute atomic E-state index is 14.1. The van der Waals surface area contributed by atoms with Crippen molar-refractivity contribution in [1.29, 1.82) is 0 Å². The molecule has 2 aromatic carbocycles. The Balaban J connectivity index is 2.15. The zero-order chi connectivity index (χ0) is 22.2. The average Bonchev–Trinajstić information content (AvgIpc) is 2.64. The van der Waals surface area contributed by atoms with Crippen molar-refractivity contribution < 1.29 is 32.2 Å². The van der Waals surface area contributed by atoms with E-state index in [1.54, 1.807) is 19.9 Å². The second-order valence-corrected chi connectivity index (χ2v) is 8.98. The Morgan fingerprint density at radius 3 is 2.53 bits per heavy atom.